The highest BCUT2D eigenvalue weighted by Gasteiger charge is 2.23. The number of nitrogens with zero attached hydrogens (tertiary/aromatic N) is 2. The molecule has 0 amide bonds. The van der Waals surface area contributed by atoms with Crippen molar-refractivity contribution in [2.45, 2.75) is 44.7 Å². The molecule has 1 aliphatic rings. The lowest BCUT2D eigenvalue weighted by molar-refractivity contribution is 0.258. The summed E-state index contributed by atoms with van der Waals surface area (Å²) in [5, 5.41) is 5.65. The lowest BCUT2D eigenvalue weighted by Crippen LogP contribution is -2.38. The van der Waals surface area contributed by atoms with Gasteiger partial charge in [-0.25, -0.2) is 4.98 Å². The Bertz CT molecular complexity index is 512. The first-order valence-electron chi connectivity index (χ1n) is 7.61. The molecule has 2 aromatic rings. The normalized spacial score (nSPS) is 18.2. The van der Waals surface area contributed by atoms with Gasteiger partial charge in [0.25, 0.3) is 0 Å². The van der Waals surface area contributed by atoms with Gasteiger partial charge in [-0.2, -0.15) is 0 Å². The first kappa shape index (κ1) is 13.8. The predicted molar refractivity (Wildman–Crippen MR) is 85.0 cm³/mol. The quantitative estimate of drug-likeness (QED) is 0.908. The molecule has 1 fully saturated rings. The Balaban J connectivity index is 1.74. The van der Waals surface area contributed by atoms with Gasteiger partial charge in [0.05, 0.1) is 4.88 Å². The molecule has 2 heterocycles. The van der Waals surface area contributed by atoms with Crippen molar-refractivity contribution in [2.24, 2.45) is 5.92 Å². The Kier molecular flexibility index (Phi) is 4.53. The number of aromatic nitrogens is 2. The Morgan fingerprint density at radius 3 is 2.95 bits per heavy atom. The number of hydrogen-bond acceptors (Lipinski definition) is 3. The van der Waals surface area contributed by atoms with Gasteiger partial charge in [-0.3, -0.25) is 0 Å². The monoisotopic (exact) mass is 289 g/mol. The SMILES string of the molecule is CNC(Cn1ccnc1-c1cccs1)C1CCCCC1. The Morgan fingerprint density at radius 2 is 2.25 bits per heavy atom. The summed E-state index contributed by atoms with van der Waals surface area (Å²) < 4.78 is 2.31. The second kappa shape index (κ2) is 6.55. The fraction of sp³-hybridized carbons (Fsp3) is 0.562. The van der Waals surface area contributed by atoms with Crippen molar-refractivity contribution in [3.63, 3.8) is 0 Å². The number of likely N-dealkylation sites (N-methyl/N-ethyl adjacent to an activating group) is 1. The van der Waals surface area contributed by atoms with E-state index in [1.165, 1.54) is 37.0 Å². The van der Waals surface area contributed by atoms with Crippen molar-refractivity contribution >= 4 is 11.3 Å². The molecule has 0 saturated heterocycles. The number of imidazole rings is 1. The van der Waals surface area contributed by atoms with Gasteiger partial charge in [0.1, 0.15) is 5.82 Å². The average Bonchev–Trinajstić information content (AvgIpc) is 3.16. The summed E-state index contributed by atoms with van der Waals surface area (Å²) in [5.41, 5.74) is 0. The number of rotatable bonds is 5. The van der Waals surface area contributed by atoms with Crippen LogP contribution in [0, 0.1) is 5.92 Å². The van der Waals surface area contributed by atoms with E-state index in [1.807, 2.05) is 6.20 Å². The minimum Gasteiger partial charge on any atom is -0.329 e. The van der Waals surface area contributed by atoms with E-state index in [0.717, 1.165) is 18.3 Å². The Morgan fingerprint density at radius 1 is 1.40 bits per heavy atom. The summed E-state index contributed by atoms with van der Waals surface area (Å²) in [6.07, 6.45) is 11.0. The molecule has 2 aromatic heterocycles. The lowest BCUT2D eigenvalue weighted by atomic mass is 9.84. The third-order valence-corrected chi connectivity index (χ3v) is 5.31. The largest absolute Gasteiger partial charge is 0.329 e. The van der Waals surface area contributed by atoms with Gasteiger partial charge in [0.2, 0.25) is 0 Å². The van der Waals surface area contributed by atoms with Gasteiger partial charge in [-0.1, -0.05) is 25.3 Å². The fourth-order valence-corrected chi connectivity index (χ4v) is 4.05. The highest BCUT2D eigenvalue weighted by molar-refractivity contribution is 7.13. The highest BCUT2D eigenvalue weighted by atomic mass is 32.1. The van der Waals surface area contributed by atoms with Crippen molar-refractivity contribution < 1.29 is 0 Å². The van der Waals surface area contributed by atoms with Gasteiger partial charge < -0.3 is 9.88 Å². The van der Waals surface area contributed by atoms with Crippen LogP contribution < -0.4 is 5.32 Å². The fourth-order valence-electron chi connectivity index (χ4n) is 3.31. The summed E-state index contributed by atoms with van der Waals surface area (Å²) in [6, 6.07) is 4.80. The van der Waals surface area contributed by atoms with Crippen LogP contribution in [0.5, 0.6) is 0 Å². The van der Waals surface area contributed by atoms with Gasteiger partial charge >= 0.3 is 0 Å². The lowest BCUT2D eigenvalue weighted by Gasteiger charge is -2.30. The van der Waals surface area contributed by atoms with Crippen molar-refractivity contribution in [1.82, 2.24) is 14.9 Å². The maximum absolute atomic E-state index is 4.54. The summed E-state index contributed by atoms with van der Waals surface area (Å²) in [5.74, 6) is 1.92. The summed E-state index contributed by atoms with van der Waals surface area (Å²) in [4.78, 5) is 5.79. The molecule has 0 radical (unpaired) electrons. The van der Waals surface area contributed by atoms with E-state index >= 15 is 0 Å². The molecular weight excluding hydrogens is 266 g/mol. The molecule has 0 aliphatic heterocycles. The van der Waals surface area contributed by atoms with Gasteiger partial charge in [0.15, 0.2) is 0 Å². The second-order valence-corrected chi connectivity index (χ2v) is 6.62. The molecule has 1 N–H and O–H groups in total. The van der Waals surface area contributed by atoms with E-state index in [1.54, 1.807) is 11.3 Å². The van der Waals surface area contributed by atoms with Crippen LogP contribution in [0.4, 0.5) is 0 Å². The standard InChI is InChI=1S/C16H23N3S/c1-17-14(13-6-3-2-4-7-13)12-19-10-9-18-16(19)15-8-5-11-20-15/h5,8-11,13-14,17H,2-4,6-7,12H2,1H3. The van der Waals surface area contributed by atoms with E-state index in [9.17, 15) is 0 Å². The predicted octanol–water partition coefficient (Wildman–Crippen LogP) is 3.78. The van der Waals surface area contributed by atoms with Crippen LogP contribution in [0.2, 0.25) is 0 Å². The second-order valence-electron chi connectivity index (χ2n) is 5.67. The third kappa shape index (κ3) is 2.96. The molecule has 1 saturated carbocycles. The smallest absolute Gasteiger partial charge is 0.150 e. The van der Waals surface area contributed by atoms with E-state index in [-0.39, 0.29) is 0 Å². The Hall–Kier alpha value is -1.13. The van der Waals surface area contributed by atoms with Gasteiger partial charge in [0, 0.05) is 25.0 Å². The zero-order chi connectivity index (χ0) is 13.8. The minimum absolute atomic E-state index is 0.559. The molecule has 4 heteroatoms. The van der Waals surface area contributed by atoms with Crippen LogP contribution in [0.1, 0.15) is 32.1 Å². The van der Waals surface area contributed by atoms with Crippen molar-refractivity contribution in [1.29, 1.82) is 0 Å². The van der Waals surface area contributed by atoms with Crippen LogP contribution >= 0.6 is 11.3 Å². The topological polar surface area (TPSA) is 29.9 Å². The third-order valence-electron chi connectivity index (χ3n) is 4.44. The average molecular weight is 289 g/mol. The molecule has 3 rings (SSSR count). The maximum Gasteiger partial charge on any atom is 0.150 e. The number of thiophene rings is 1. The van der Waals surface area contributed by atoms with E-state index in [0.29, 0.717) is 6.04 Å². The molecular formula is C16H23N3S. The van der Waals surface area contributed by atoms with Crippen molar-refractivity contribution in [2.75, 3.05) is 7.05 Å². The van der Waals surface area contributed by atoms with Crippen LogP contribution in [0.3, 0.4) is 0 Å². The number of nitrogens with one attached hydrogen (secondary N) is 1. The minimum atomic E-state index is 0.559. The molecule has 0 bridgehead atoms. The molecule has 20 heavy (non-hydrogen) atoms. The van der Waals surface area contributed by atoms with Gasteiger partial charge in [-0.15, -0.1) is 11.3 Å². The van der Waals surface area contributed by atoms with Crippen molar-refractivity contribution in [3.8, 4) is 10.7 Å². The molecule has 3 nitrogen and oxygen atoms in total. The molecule has 0 spiro atoms. The molecule has 0 aromatic carbocycles. The first-order chi connectivity index (χ1) is 9.88. The van der Waals surface area contributed by atoms with Gasteiger partial charge in [-0.05, 0) is 37.3 Å². The van der Waals surface area contributed by atoms with Crippen molar-refractivity contribution in [3.05, 3.63) is 29.9 Å². The van der Waals surface area contributed by atoms with Crippen LogP contribution in [0.15, 0.2) is 29.9 Å². The Labute approximate surface area is 125 Å². The molecule has 1 aliphatic carbocycles. The van der Waals surface area contributed by atoms with Crippen LogP contribution in [-0.2, 0) is 6.54 Å². The van der Waals surface area contributed by atoms with Crippen LogP contribution in [0.25, 0.3) is 10.7 Å². The number of hydrogen-bond donors (Lipinski definition) is 1. The maximum atomic E-state index is 4.54. The van der Waals surface area contributed by atoms with E-state index < -0.39 is 0 Å². The zero-order valence-electron chi connectivity index (χ0n) is 12.1. The van der Waals surface area contributed by atoms with E-state index in [4.69, 9.17) is 0 Å². The molecule has 108 valence electrons. The van der Waals surface area contributed by atoms with E-state index in [2.05, 4.69) is 45.6 Å². The zero-order valence-corrected chi connectivity index (χ0v) is 12.9. The molecule has 1 unspecified atom stereocenters. The molecule has 1 atom stereocenters. The van der Waals surface area contributed by atoms with Crippen LogP contribution in [-0.4, -0.2) is 22.6 Å². The summed E-state index contributed by atoms with van der Waals surface area (Å²) in [7, 11) is 2.10. The summed E-state index contributed by atoms with van der Waals surface area (Å²) in [6.45, 7) is 1.02. The summed E-state index contributed by atoms with van der Waals surface area (Å²) >= 11 is 1.76. The first-order valence-corrected chi connectivity index (χ1v) is 8.48. The highest BCUT2D eigenvalue weighted by Crippen LogP contribution is 2.28.